The van der Waals surface area contributed by atoms with Crippen LogP contribution in [0.25, 0.3) is 10.9 Å². The molecule has 0 aliphatic carbocycles. The average Bonchev–Trinajstić information content (AvgIpc) is 2.31. The van der Waals surface area contributed by atoms with Crippen molar-refractivity contribution >= 4 is 16.9 Å². The molecule has 6 nitrogen and oxygen atoms in total. The van der Waals surface area contributed by atoms with Gasteiger partial charge in [0.2, 0.25) is 0 Å². The summed E-state index contributed by atoms with van der Waals surface area (Å²) in [5.41, 5.74) is 0.176. The molecule has 0 spiro atoms. The third-order valence-electron chi connectivity index (χ3n) is 2.80. The summed E-state index contributed by atoms with van der Waals surface area (Å²) >= 11 is 0. The van der Waals surface area contributed by atoms with Crippen molar-refractivity contribution in [2.45, 2.75) is 13.5 Å². The van der Waals surface area contributed by atoms with Gasteiger partial charge in [-0.15, -0.1) is 0 Å². The summed E-state index contributed by atoms with van der Waals surface area (Å²) in [5, 5.41) is 9.07. The number of carboxylic acid groups (broad SMARTS) is 1. The van der Waals surface area contributed by atoms with Gasteiger partial charge in [-0.1, -0.05) is 11.6 Å². The zero-order chi connectivity index (χ0) is 13.4. The van der Waals surface area contributed by atoms with Crippen LogP contribution in [0.4, 0.5) is 0 Å². The first-order valence-corrected chi connectivity index (χ1v) is 5.34. The number of benzene rings is 1. The third kappa shape index (κ3) is 1.81. The molecule has 1 N–H and O–H groups in total. The van der Waals surface area contributed by atoms with Gasteiger partial charge in [0.05, 0.1) is 10.9 Å². The molecule has 2 aromatic rings. The Morgan fingerprint density at radius 2 is 2.00 bits per heavy atom. The van der Waals surface area contributed by atoms with Crippen molar-refractivity contribution in [2.75, 3.05) is 0 Å². The van der Waals surface area contributed by atoms with Crippen molar-refractivity contribution in [3.8, 4) is 0 Å². The number of aryl methyl sites for hydroxylation is 2. The Balaban J connectivity index is 2.93. The van der Waals surface area contributed by atoms with E-state index in [0.717, 1.165) is 10.1 Å². The Morgan fingerprint density at radius 3 is 2.61 bits per heavy atom. The van der Waals surface area contributed by atoms with Crippen LogP contribution in [0.3, 0.4) is 0 Å². The van der Waals surface area contributed by atoms with E-state index in [0.29, 0.717) is 10.9 Å². The van der Waals surface area contributed by atoms with Crippen LogP contribution < -0.4 is 11.2 Å². The topological polar surface area (TPSA) is 81.3 Å². The molecular weight excluding hydrogens is 236 g/mol. The molecule has 94 valence electrons. The van der Waals surface area contributed by atoms with E-state index in [1.165, 1.54) is 11.6 Å². The van der Waals surface area contributed by atoms with E-state index in [4.69, 9.17) is 5.11 Å². The highest BCUT2D eigenvalue weighted by molar-refractivity contribution is 5.79. The monoisotopic (exact) mass is 248 g/mol. The van der Waals surface area contributed by atoms with Crippen molar-refractivity contribution in [2.24, 2.45) is 7.05 Å². The highest BCUT2D eigenvalue weighted by Gasteiger charge is 2.12. The summed E-state index contributed by atoms with van der Waals surface area (Å²) in [6, 6.07) is 5.12. The average molecular weight is 248 g/mol. The lowest BCUT2D eigenvalue weighted by atomic mass is 10.1. The lowest BCUT2D eigenvalue weighted by molar-refractivity contribution is -0.137. The van der Waals surface area contributed by atoms with Crippen molar-refractivity contribution < 1.29 is 9.90 Å². The van der Waals surface area contributed by atoms with Gasteiger partial charge in [-0.3, -0.25) is 14.2 Å². The van der Waals surface area contributed by atoms with Crippen LogP contribution in [-0.2, 0) is 18.4 Å². The van der Waals surface area contributed by atoms with Gasteiger partial charge in [0.1, 0.15) is 6.54 Å². The van der Waals surface area contributed by atoms with Gasteiger partial charge < -0.3 is 5.11 Å². The lowest BCUT2D eigenvalue weighted by Crippen LogP contribution is -2.40. The Bertz CT molecular complexity index is 755. The molecule has 0 saturated carbocycles. The van der Waals surface area contributed by atoms with Crippen LogP contribution in [0.2, 0.25) is 0 Å². The molecule has 1 aromatic carbocycles. The van der Waals surface area contributed by atoms with Gasteiger partial charge >= 0.3 is 11.7 Å². The summed E-state index contributed by atoms with van der Waals surface area (Å²) in [4.78, 5) is 34.6. The highest BCUT2D eigenvalue weighted by Crippen LogP contribution is 2.09. The molecule has 6 heteroatoms. The number of fused-ring (bicyclic) bond motifs is 1. The first kappa shape index (κ1) is 12.1. The van der Waals surface area contributed by atoms with Crippen molar-refractivity contribution in [3.05, 3.63) is 44.6 Å². The van der Waals surface area contributed by atoms with Crippen LogP contribution in [0.15, 0.2) is 27.8 Å². The minimum atomic E-state index is -1.22. The molecule has 18 heavy (non-hydrogen) atoms. The zero-order valence-corrected chi connectivity index (χ0v) is 10.0. The molecule has 1 aromatic heterocycles. The molecule has 0 radical (unpaired) electrons. The largest absolute Gasteiger partial charge is 0.480 e. The molecule has 0 unspecified atom stereocenters. The summed E-state index contributed by atoms with van der Waals surface area (Å²) in [6.45, 7) is 1.20. The Labute approximate surface area is 102 Å². The van der Waals surface area contributed by atoms with Crippen LogP contribution in [0.1, 0.15) is 5.56 Å². The van der Waals surface area contributed by atoms with Gasteiger partial charge in [-0.05, 0) is 19.1 Å². The summed E-state index contributed by atoms with van der Waals surface area (Å²) in [7, 11) is 1.51. The molecule has 0 fully saturated rings. The molecule has 0 atom stereocenters. The first-order valence-electron chi connectivity index (χ1n) is 5.34. The number of carbonyl (C=O) groups is 1. The minimum absolute atomic E-state index is 0.346. The zero-order valence-electron chi connectivity index (χ0n) is 10.0. The van der Waals surface area contributed by atoms with Crippen molar-refractivity contribution in [1.82, 2.24) is 9.13 Å². The van der Waals surface area contributed by atoms with Gasteiger partial charge in [0.15, 0.2) is 0 Å². The maximum absolute atomic E-state index is 12.1. The Kier molecular flexibility index (Phi) is 2.78. The van der Waals surface area contributed by atoms with E-state index >= 15 is 0 Å². The fraction of sp³-hybridized carbons (Fsp3) is 0.250. The second-order valence-electron chi connectivity index (χ2n) is 4.15. The molecular formula is C12H12N2O4. The second kappa shape index (κ2) is 4.14. The standard InChI is InChI=1S/C12H12N2O4/c1-7-3-4-9-8(5-7)11(17)14(6-10(15)16)12(18)13(9)2/h3-5H,6H2,1-2H3,(H,15,16). The predicted molar refractivity (Wildman–Crippen MR) is 65.8 cm³/mol. The van der Waals surface area contributed by atoms with Crippen LogP contribution >= 0.6 is 0 Å². The van der Waals surface area contributed by atoms with E-state index in [1.807, 2.05) is 6.92 Å². The molecule has 2 rings (SSSR count). The van der Waals surface area contributed by atoms with Crippen molar-refractivity contribution in [1.29, 1.82) is 0 Å². The Hall–Kier alpha value is -2.37. The first-order chi connectivity index (χ1) is 8.41. The number of hydrogen-bond donors (Lipinski definition) is 1. The van der Waals surface area contributed by atoms with Crippen LogP contribution in [-0.4, -0.2) is 20.2 Å². The Morgan fingerprint density at radius 1 is 1.33 bits per heavy atom. The van der Waals surface area contributed by atoms with Gasteiger partial charge in [-0.25, -0.2) is 9.36 Å². The van der Waals surface area contributed by atoms with Crippen LogP contribution in [0, 0.1) is 6.92 Å². The smallest absolute Gasteiger partial charge is 0.331 e. The van der Waals surface area contributed by atoms with E-state index < -0.39 is 23.8 Å². The minimum Gasteiger partial charge on any atom is -0.480 e. The lowest BCUT2D eigenvalue weighted by Gasteiger charge is -2.09. The fourth-order valence-corrected chi connectivity index (χ4v) is 1.90. The normalized spacial score (nSPS) is 10.8. The fourth-order valence-electron chi connectivity index (χ4n) is 1.90. The number of hydrogen-bond acceptors (Lipinski definition) is 3. The molecule has 0 bridgehead atoms. The second-order valence-corrected chi connectivity index (χ2v) is 4.15. The highest BCUT2D eigenvalue weighted by atomic mass is 16.4. The summed E-state index contributed by atoms with van der Waals surface area (Å²) < 4.78 is 2.00. The van der Waals surface area contributed by atoms with E-state index in [-0.39, 0.29) is 0 Å². The molecule has 1 heterocycles. The quantitative estimate of drug-likeness (QED) is 0.816. The predicted octanol–water partition coefficient (Wildman–Crippen LogP) is 0.0932. The molecule has 0 saturated heterocycles. The van der Waals surface area contributed by atoms with Gasteiger partial charge in [-0.2, -0.15) is 0 Å². The number of nitrogens with zero attached hydrogens (tertiary/aromatic N) is 2. The van der Waals surface area contributed by atoms with Crippen molar-refractivity contribution in [3.63, 3.8) is 0 Å². The van der Waals surface area contributed by atoms with E-state index in [1.54, 1.807) is 18.2 Å². The summed E-state index contributed by atoms with van der Waals surface area (Å²) in [6.07, 6.45) is 0. The number of carboxylic acids is 1. The van der Waals surface area contributed by atoms with Gasteiger partial charge in [0, 0.05) is 7.05 Å². The molecule has 0 aliphatic heterocycles. The molecule has 0 amide bonds. The maximum Gasteiger partial charge on any atom is 0.331 e. The van der Waals surface area contributed by atoms with Gasteiger partial charge in [0.25, 0.3) is 5.56 Å². The SMILES string of the molecule is Cc1ccc2c(c1)c(=O)n(CC(=O)O)c(=O)n2C. The van der Waals surface area contributed by atoms with E-state index in [2.05, 4.69) is 0 Å². The maximum atomic E-state index is 12.1. The number of aromatic nitrogens is 2. The number of rotatable bonds is 2. The van der Waals surface area contributed by atoms with E-state index in [9.17, 15) is 14.4 Å². The summed E-state index contributed by atoms with van der Waals surface area (Å²) in [5.74, 6) is -1.22. The number of aliphatic carboxylic acids is 1. The molecule has 0 aliphatic rings. The van der Waals surface area contributed by atoms with Crippen LogP contribution in [0.5, 0.6) is 0 Å². The third-order valence-corrected chi connectivity index (χ3v) is 2.80.